The zero-order valence-electron chi connectivity index (χ0n) is 7.18. The van der Waals surface area contributed by atoms with E-state index in [-0.39, 0.29) is 5.75 Å². The highest BCUT2D eigenvalue weighted by molar-refractivity contribution is 5.55. The van der Waals surface area contributed by atoms with Crippen LogP contribution < -0.4 is 0 Å². The minimum atomic E-state index is -0.901. The van der Waals surface area contributed by atoms with Crippen molar-refractivity contribution >= 4 is 6.29 Å². The molecule has 3 nitrogen and oxygen atoms in total. The van der Waals surface area contributed by atoms with Gasteiger partial charge in [-0.3, -0.25) is 0 Å². The maximum atomic E-state index is 10.1. The maximum Gasteiger partial charge on any atom is 0.148 e. The summed E-state index contributed by atoms with van der Waals surface area (Å²) in [7, 11) is 0. The number of phenols is 1. The Balaban J connectivity index is 2.49. The number of phenolic OH excluding ortho intramolecular Hbond substituents is 1. The van der Waals surface area contributed by atoms with E-state index in [1.807, 2.05) is 6.07 Å². The van der Waals surface area contributed by atoms with Gasteiger partial charge < -0.3 is 15.0 Å². The van der Waals surface area contributed by atoms with Crippen molar-refractivity contribution in [1.82, 2.24) is 0 Å². The number of hydrogen-bond donors (Lipinski definition) is 2. The third kappa shape index (κ3) is 3.25. The highest BCUT2D eigenvalue weighted by Gasteiger charge is 2.02. The van der Waals surface area contributed by atoms with E-state index in [4.69, 9.17) is 10.2 Å². The molecule has 0 spiro atoms. The van der Waals surface area contributed by atoms with Crippen molar-refractivity contribution in [1.29, 1.82) is 0 Å². The summed E-state index contributed by atoms with van der Waals surface area (Å²) in [4.78, 5) is 10.1. The quantitative estimate of drug-likeness (QED) is 0.676. The molecule has 0 aliphatic rings. The molecule has 0 bridgehead atoms. The second-order valence-corrected chi connectivity index (χ2v) is 2.91. The van der Waals surface area contributed by atoms with Crippen LogP contribution in [0.15, 0.2) is 24.3 Å². The van der Waals surface area contributed by atoms with Gasteiger partial charge in [0.2, 0.25) is 0 Å². The number of benzene rings is 1. The number of hydrogen-bond acceptors (Lipinski definition) is 3. The Morgan fingerprint density at radius 1 is 1.46 bits per heavy atom. The smallest absolute Gasteiger partial charge is 0.148 e. The Bertz CT molecular complexity index is 283. The lowest BCUT2D eigenvalue weighted by Gasteiger charge is -2.03. The molecule has 0 radical (unpaired) electrons. The average molecular weight is 180 g/mol. The third-order valence-corrected chi connectivity index (χ3v) is 1.80. The summed E-state index contributed by atoms with van der Waals surface area (Å²) in [6.45, 7) is 0. The molecule has 13 heavy (non-hydrogen) atoms. The molecule has 0 aliphatic carbocycles. The first kappa shape index (κ1) is 9.74. The summed E-state index contributed by atoms with van der Waals surface area (Å²) < 4.78 is 0. The maximum absolute atomic E-state index is 10.1. The molecule has 0 saturated carbocycles. The van der Waals surface area contributed by atoms with Gasteiger partial charge in [-0.1, -0.05) is 12.1 Å². The summed E-state index contributed by atoms with van der Waals surface area (Å²) in [6.07, 6.45) is 0.603. The van der Waals surface area contributed by atoms with Crippen LogP contribution >= 0.6 is 0 Å². The molecule has 1 aromatic rings. The fourth-order valence-corrected chi connectivity index (χ4v) is 1.09. The van der Waals surface area contributed by atoms with Gasteiger partial charge in [0.25, 0.3) is 0 Å². The first-order chi connectivity index (χ1) is 6.22. The number of rotatable bonds is 4. The van der Waals surface area contributed by atoms with Crippen LogP contribution in [0, 0.1) is 0 Å². The number of aldehydes is 1. The predicted octanol–water partition coefficient (Wildman–Crippen LogP) is 0.885. The number of aliphatic hydroxyl groups is 1. The van der Waals surface area contributed by atoms with Gasteiger partial charge in [0.05, 0.1) is 0 Å². The van der Waals surface area contributed by atoms with E-state index in [0.29, 0.717) is 19.1 Å². The van der Waals surface area contributed by atoms with E-state index in [1.165, 1.54) is 0 Å². The van der Waals surface area contributed by atoms with Crippen molar-refractivity contribution in [3.8, 4) is 5.75 Å². The molecule has 1 atom stereocenters. The van der Waals surface area contributed by atoms with E-state index < -0.39 is 6.10 Å². The average Bonchev–Trinajstić information content (AvgIpc) is 2.14. The largest absolute Gasteiger partial charge is 0.508 e. The number of carbonyl (C=O) groups is 1. The lowest BCUT2D eigenvalue weighted by atomic mass is 10.1. The lowest BCUT2D eigenvalue weighted by molar-refractivity contribution is -0.115. The van der Waals surface area contributed by atoms with Crippen molar-refractivity contribution in [3.05, 3.63) is 29.8 Å². The fraction of sp³-hybridized carbons (Fsp3) is 0.300. The monoisotopic (exact) mass is 180 g/mol. The van der Waals surface area contributed by atoms with Crippen LogP contribution in [0.5, 0.6) is 5.75 Å². The summed E-state index contributed by atoms with van der Waals surface area (Å²) >= 11 is 0. The van der Waals surface area contributed by atoms with Gasteiger partial charge in [0.15, 0.2) is 0 Å². The first-order valence-corrected chi connectivity index (χ1v) is 4.13. The molecule has 70 valence electrons. The van der Waals surface area contributed by atoms with Crippen molar-refractivity contribution in [3.63, 3.8) is 0 Å². The van der Waals surface area contributed by atoms with Crippen LogP contribution in [-0.2, 0) is 11.2 Å². The van der Waals surface area contributed by atoms with Crippen LogP contribution in [0.1, 0.15) is 12.0 Å². The molecule has 0 amide bonds. The van der Waals surface area contributed by atoms with Gasteiger partial charge in [-0.2, -0.15) is 0 Å². The van der Waals surface area contributed by atoms with Gasteiger partial charge >= 0.3 is 0 Å². The predicted molar refractivity (Wildman–Crippen MR) is 48.5 cm³/mol. The molecule has 0 aliphatic heterocycles. The van der Waals surface area contributed by atoms with Crippen LogP contribution in [0.2, 0.25) is 0 Å². The van der Waals surface area contributed by atoms with E-state index in [1.54, 1.807) is 18.2 Å². The fourth-order valence-electron chi connectivity index (χ4n) is 1.09. The van der Waals surface area contributed by atoms with Crippen LogP contribution in [-0.4, -0.2) is 22.6 Å². The van der Waals surface area contributed by atoms with Crippen molar-refractivity contribution in [2.75, 3.05) is 0 Å². The lowest BCUT2D eigenvalue weighted by Crippen LogP contribution is -2.08. The summed E-state index contributed by atoms with van der Waals surface area (Å²) in [5.74, 6) is 0.207. The Morgan fingerprint density at radius 3 is 2.85 bits per heavy atom. The van der Waals surface area contributed by atoms with Gasteiger partial charge in [-0.05, 0) is 30.5 Å². The highest BCUT2D eigenvalue weighted by Crippen LogP contribution is 2.12. The van der Waals surface area contributed by atoms with Crippen LogP contribution in [0.4, 0.5) is 0 Å². The summed E-state index contributed by atoms with van der Waals surface area (Å²) in [5.41, 5.74) is 0.918. The third-order valence-electron chi connectivity index (χ3n) is 1.80. The molecule has 0 aromatic heterocycles. The topological polar surface area (TPSA) is 57.5 Å². The minimum absolute atomic E-state index is 0.207. The van der Waals surface area contributed by atoms with Crippen LogP contribution in [0.3, 0.4) is 0 Å². The Hall–Kier alpha value is -1.35. The first-order valence-electron chi connectivity index (χ1n) is 4.13. The van der Waals surface area contributed by atoms with Gasteiger partial charge in [0.1, 0.15) is 18.1 Å². The zero-order valence-corrected chi connectivity index (χ0v) is 7.18. The number of carbonyl (C=O) groups excluding carboxylic acids is 1. The second-order valence-electron chi connectivity index (χ2n) is 2.91. The molecule has 2 N–H and O–H groups in total. The Morgan fingerprint density at radius 2 is 2.23 bits per heavy atom. The van der Waals surface area contributed by atoms with E-state index in [2.05, 4.69) is 0 Å². The Labute approximate surface area is 76.6 Å². The molecule has 1 unspecified atom stereocenters. The van der Waals surface area contributed by atoms with E-state index in [9.17, 15) is 4.79 Å². The number of aliphatic hydroxyl groups excluding tert-OH is 1. The van der Waals surface area contributed by atoms with E-state index in [0.717, 1.165) is 5.56 Å². The second kappa shape index (κ2) is 4.62. The molecule has 1 aromatic carbocycles. The molecule has 0 saturated heterocycles. The number of aromatic hydroxyl groups is 1. The Kier molecular flexibility index (Phi) is 3.46. The standard InChI is InChI=1S/C10H12O3/c11-7-10(13)5-4-8-2-1-3-9(12)6-8/h1-3,6-7,10,12-13H,4-5H2. The molecular weight excluding hydrogens is 168 g/mol. The number of aryl methyl sites for hydroxylation is 1. The minimum Gasteiger partial charge on any atom is -0.508 e. The van der Waals surface area contributed by atoms with Gasteiger partial charge in [-0.15, -0.1) is 0 Å². The molecule has 3 heteroatoms. The van der Waals surface area contributed by atoms with Crippen molar-refractivity contribution < 1.29 is 15.0 Å². The van der Waals surface area contributed by atoms with Gasteiger partial charge in [0, 0.05) is 0 Å². The molecular formula is C10H12O3. The highest BCUT2D eigenvalue weighted by atomic mass is 16.3. The summed E-state index contributed by atoms with van der Waals surface area (Å²) in [5, 5.41) is 18.1. The molecule has 0 fully saturated rings. The van der Waals surface area contributed by atoms with Crippen molar-refractivity contribution in [2.24, 2.45) is 0 Å². The SMILES string of the molecule is O=CC(O)CCc1cccc(O)c1. The molecule has 0 heterocycles. The van der Waals surface area contributed by atoms with Crippen molar-refractivity contribution in [2.45, 2.75) is 18.9 Å². The van der Waals surface area contributed by atoms with E-state index >= 15 is 0 Å². The van der Waals surface area contributed by atoms with Gasteiger partial charge in [-0.25, -0.2) is 0 Å². The normalized spacial score (nSPS) is 12.4. The zero-order chi connectivity index (χ0) is 9.68. The summed E-state index contributed by atoms with van der Waals surface area (Å²) in [6, 6.07) is 6.78. The van der Waals surface area contributed by atoms with Crippen LogP contribution in [0.25, 0.3) is 0 Å². The molecule has 1 rings (SSSR count).